The molecule has 0 spiro atoms. The van der Waals surface area contributed by atoms with Crippen molar-refractivity contribution in [1.82, 2.24) is 81.6 Å². The molecule has 0 unspecified atom stereocenters. The van der Waals surface area contributed by atoms with Crippen LogP contribution in [0.3, 0.4) is 0 Å². The van der Waals surface area contributed by atoms with E-state index in [4.69, 9.17) is 37.2 Å². The zero-order chi connectivity index (χ0) is 39.2. The Labute approximate surface area is 332 Å². The second-order valence-corrected chi connectivity index (χ2v) is 9.46. The molecule has 0 bridgehead atoms. The van der Waals surface area contributed by atoms with Gasteiger partial charge >= 0.3 is 48.8 Å². The van der Waals surface area contributed by atoms with E-state index in [-0.39, 0.29) is 66.5 Å². The quantitative estimate of drug-likeness (QED) is 0.0426. The second-order valence-electron chi connectivity index (χ2n) is 9.46. The fourth-order valence-corrected chi connectivity index (χ4v) is 3.40. The third-order valence-corrected chi connectivity index (χ3v) is 5.59. The Hall–Kier alpha value is -7.20. The molecule has 8 rings (SSSR count). The van der Waals surface area contributed by atoms with E-state index in [9.17, 15) is 20.1 Å². The van der Waals surface area contributed by atoms with Crippen molar-refractivity contribution in [2.45, 2.75) is 0 Å². The van der Waals surface area contributed by atoms with E-state index in [2.05, 4.69) is 81.6 Å². The molecule has 8 aromatic rings. The second kappa shape index (κ2) is 23.6. The molecule has 0 aliphatic rings. The summed E-state index contributed by atoms with van der Waals surface area (Å²) in [5, 5.41) is 93.1. The van der Waals surface area contributed by atoms with Crippen molar-refractivity contribution in [3.63, 3.8) is 0 Å². The summed E-state index contributed by atoms with van der Waals surface area (Å²) in [6.45, 7) is 0. The molecule has 0 saturated heterocycles. The zero-order valence-corrected chi connectivity index (χ0v) is 30.1. The predicted octanol–water partition coefficient (Wildman–Crippen LogP) is -4.26. The summed E-state index contributed by atoms with van der Waals surface area (Å²) in [7, 11) is -6.63. The third kappa shape index (κ3) is 16.4. The molecule has 0 aromatic carbocycles. The Morgan fingerprint density at radius 1 is 0.281 bits per heavy atom. The van der Waals surface area contributed by atoms with Crippen molar-refractivity contribution < 1.29 is 76.8 Å². The summed E-state index contributed by atoms with van der Waals surface area (Å²) >= 11 is 0. The van der Waals surface area contributed by atoms with Crippen LogP contribution >= 0.6 is 0 Å². The molecular formula is C24H24B4N16O12Ru. The molecule has 8 heterocycles. The molecular weight excluding hydrogens is 849 g/mol. The predicted molar refractivity (Wildman–Crippen MR) is 177 cm³/mol. The van der Waals surface area contributed by atoms with E-state index in [1.165, 1.54) is 98.1 Å². The van der Waals surface area contributed by atoms with Crippen LogP contribution in [-0.2, 0) is 19.5 Å². The molecule has 8 N–H and O–H groups in total. The Kier molecular flexibility index (Phi) is 17.6. The van der Waals surface area contributed by atoms with Crippen molar-refractivity contribution >= 4 is 29.3 Å². The number of hydrogen-bond acceptors (Lipinski definition) is 20. The zero-order valence-electron chi connectivity index (χ0n) is 28.4. The minimum absolute atomic E-state index is 0. The summed E-state index contributed by atoms with van der Waals surface area (Å²) in [5.41, 5.74) is 0. The standard InChI is InChI=1S/4C6H6BN4O3.Ru/c4*12-7(13-5-1-3-8-10-5)14-6-2-4-9-11-6;/h4*1-4H,(H,8,10)(H,9,11);/q4*-1;+4. The maximum Gasteiger partial charge on any atom is 4.00 e. The van der Waals surface area contributed by atoms with E-state index in [1.54, 1.807) is 0 Å². The van der Waals surface area contributed by atoms with Crippen molar-refractivity contribution in [3.05, 3.63) is 98.1 Å². The van der Waals surface area contributed by atoms with Gasteiger partial charge in [0.05, 0.1) is 49.6 Å². The van der Waals surface area contributed by atoms with Crippen LogP contribution in [-0.4, -0.2) is 111 Å². The van der Waals surface area contributed by atoms with Gasteiger partial charge in [0, 0.05) is 48.5 Å². The number of nitrogens with zero attached hydrogens (tertiary/aromatic N) is 8. The Morgan fingerprint density at radius 3 is 0.491 bits per heavy atom. The average molecular weight is 873 g/mol. The molecule has 28 nitrogen and oxygen atoms in total. The number of hydrogen-bond donors (Lipinski definition) is 8. The van der Waals surface area contributed by atoms with Gasteiger partial charge in [0.1, 0.15) is 0 Å². The van der Waals surface area contributed by atoms with Crippen molar-refractivity contribution in [2.75, 3.05) is 0 Å². The molecule has 33 heteroatoms. The molecule has 0 aliphatic carbocycles. The molecule has 57 heavy (non-hydrogen) atoms. The smallest absolute Gasteiger partial charge is 0.808 e. The first kappa shape index (κ1) is 42.5. The van der Waals surface area contributed by atoms with Gasteiger partial charge < -0.3 is 57.3 Å². The number of nitrogens with one attached hydrogen (secondary N) is 8. The van der Waals surface area contributed by atoms with Crippen LogP contribution in [0.4, 0.5) is 0 Å². The van der Waals surface area contributed by atoms with Crippen LogP contribution in [0.2, 0.25) is 0 Å². The fourth-order valence-electron chi connectivity index (χ4n) is 3.40. The summed E-state index contributed by atoms with van der Waals surface area (Å²) in [5.74, 6) is 2.03. The van der Waals surface area contributed by atoms with Crippen molar-refractivity contribution in [1.29, 1.82) is 0 Å². The summed E-state index contributed by atoms with van der Waals surface area (Å²) in [4.78, 5) is 0. The first-order chi connectivity index (χ1) is 27.4. The van der Waals surface area contributed by atoms with Crippen LogP contribution in [0.15, 0.2) is 98.1 Å². The van der Waals surface area contributed by atoms with Gasteiger partial charge in [-0.05, 0) is 0 Å². The molecule has 292 valence electrons. The van der Waals surface area contributed by atoms with Crippen LogP contribution in [0.1, 0.15) is 0 Å². The largest absolute Gasteiger partial charge is 4.00 e. The fraction of sp³-hybridized carbons (Fsp3) is 0. The van der Waals surface area contributed by atoms with Crippen LogP contribution in [0.25, 0.3) is 0 Å². The molecule has 0 radical (unpaired) electrons. The molecule has 0 amide bonds. The Balaban J connectivity index is 0.000000167. The number of H-pyrrole nitrogens is 8. The van der Waals surface area contributed by atoms with Crippen molar-refractivity contribution in [2.24, 2.45) is 0 Å². The minimum atomic E-state index is -1.66. The Morgan fingerprint density at radius 2 is 0.404 bits per heavy atom. The first-order valence-electron chi connectivity index (χ1n) is 15.3. The van der Waals surface area contributed by atoms with E-state index in [0.717, 1.165) is 0 Å². The van der Waals surface area contributed by atoms with Gasteiger partial charge in [0.2, 0.25) is 0 Å². The monoisotopic (exact) mass is 874 g/mol. The SMILES string of the molecule is [O-]B(Oc1ccn[nH]1)Oc1ccn[nH]1.[O-]B(Oc1ccn[nH]1)Oc1ccn[nH]1.[O-]B(Oc1ccn[nH]1)Oc1ccn[nH]1.[O-]B(Oc1ccn[nH]1)Oc1ccn[nH]1.[Ru+4]. The maximum absolute atomic E-state index is 11.1. The molecule has 0 fully saturated rings. The molecule has 0 saturated carbocycles. The molecule has 8 aromatic heterocycles. The third-order valence-electron chi connectivity index (χ3n) is 5.59. The van der Waals surface area contributed by atoms with Gasteiger partial charge in [-0.2, -0.15) is 40.8 Å². The van der Waals surface area contributed by atoms with Crippen LogP contribution < -0.4 is 57.3 Å². The van der Waals surface area contributed by atoms with Gasteiger partial charge in [0.25, 0.3) is 0 Å². The molecule has 0 aliphatic heterocycles. The van der Waals surface area contributed by atoms with Gasteiger partial charge in [-0.15, -0.1) is 0 Å². The topological polar surface area (TPSA) is 396 Å². The number of aromatic nitrogens is 16. The van der Waals surface area contributed by atoms with Crippen molar-refractivity contribution in [3.8, 4) is 47.0 Å². The number of rotatable bonds is 16. The molecule has 0 atom stereocenters. The van der Waals surface area contributed by atoms with E-state index in [1.807, 2.05) is 0 Å². The van der Waals surface area contributed by atoms with Gasteiger partial charge in [-0.3, -0.25) is 0 Å². The summed E-state index contributed by atoms with van der Waals surface area (Å²) in [6.07, 6.45) is 11.8. The van der Waals surface area contributed by atoms with Crippen LogP contribution in [0.5, 0.6) is 47.0 Å². The summed E-state index contributed by atoms with van der Waals surface area (Å²) in [6, 6.07) is 12.1. The number of aromatic amines is 8. The normalized spacial score (nSPS) is 9.61. The maximum atomic E-state index is 11.1. The first-order valence-corrected chi connectivity index (χ1v) is 15.3. The van der Waals surface area contributed by atoms with E-state index < -0.39 is 29.3 Å². The van der Waals surface area contributed by atoms with E-state index in [0.29, 0.717) is 0 Å². The Bertz CT molecular complexity index is 1610. The van der Waals surface area contributed by atoms with Gasteiger partial charge in [-0.1, -0.05) is 0 Å². The van der Waals surface area contributed by atoms with E-state index >= 15 is 0 Å². The van der Waals surface area contributed by atoms with Gasteiger partial charge in [-0.25, -0.2) is 40.8 Å². The minimum Gasteiger partial charge on any atom is -0.808 e. The summed E-state index contributed by atoms with van der Waals surface area (Å²) < 4.78 is 38.3. The van der Waals surface area contributed by atoms with Crippen LogP contribution in [0, 0.1) is 0 Å². The van der Waals surface area contributed by atoms with Gasteiger partial charge in [0.15, 0.2) is 47.0 Å². The average Bonchev–Trinajstić information content (AvgIpc) is 4.02.